The molecule has 0 amide bonds. The van der Waals surface area contributed by atoms with E-state index in [2.05, 4.69) is 0 Å². The molecule has 1 saturated heterocycles. The summed E-state index contributed by atoms with van der Waals surface area (Å²) in [5.41, 5.74) is 10.1. The van der Waals surface area contributed by atoms with Crippen LogP contribution in [0.1, 0.15) is 23.6 Å². The third kappa shape index (κ3) is 3.23. The van der Waals surface area contributed by atoms with Gasteiger partial charge in [0.1, 0.15) is 5.82 Å². The van der Waals surface area contributed by atoms with Crippen molar-refractivity contribution in [1.29, 1.82) is 0 Å². The van der Waals surface area contributed by atoms with E-state index in [1.54, 1.807) is 18.2 Å². The van der Waals surface area contributed by atoms with Gasteiger partial charge in [-0.3, -0.25) is 4.84 Å². The number of nitrogens with two attached hydrogens (primary N) is 2. The fraction of sp³-hybridized carbons (Fsp3) is 0.412. The number of hydroxylamine groups is 2. The van der Waals surface area contributed by atoms with Crippen LogP contribution in [0.3, 0.4) is 0 Å². The third-order valence-electron chi connectivity index (χ3n) is 4.57. The molecule has 1 aliphatic carbocycles. The van der Waals surface area contributed by atoms with Crippen molar-refractivity contribution in [3.05, 3.63) is 59.1 Å². The Kier molecular flexibility index (Phi) is 4.82. The molecule has 26 heavy (non-hydrogen) atoms. The molecule has 0 radical (unpaired) electrons. The number of allylic oxidation sites excluding steroid dienone is 1. The molecular formula is C17H19F4N3O2. The van der Waals surface area contributed by atoms with Crippen LogP contribution in [0.2, 0.25) is 0 Å². The van der Waals surface area contributed by atoms with Gasteiger partial charge in [-0.15, -0.1) is 5.06 Å². The van der Waals surface area contributed by atoms with Crippen LogP contribution in [0.4, 0.5) is 17.6 Å². The van der Waals surface area contributed by atoms with E-state index < -0.39 is 35.4 Å². The molecule has 142 valence electrons. The highest BCUT2D eigenvalue weighted by atomic mass is 19.4. The number of methoxy groups -OCH3 is 1. The van der Waals surface area contributed by atoms with Crippen molar-refractivity contribution in [3.63, 3.8) is 0 Å². The molecular weight excluding hydrogens is 354 g/mol. The Bertz CT molecular complexity index is 750. The summed E-state index contributed by atoms with van der Waals surface area (Å²) in [6, 6.07) is 1.04. The van der Waals surface area contributed by atoms with E-state index in [1.807, 2.05) is 0 Å². The van der Waals surface area contributed by atoms with Gasteiger partial charge in [0, 0.05) is 12.8 Å². The normalized spacial score (nSPS) is 29.8. The minimum absolute atomic E-state index is 0.134. The highest BCUT2D eigenvalue weighted by Gasteiger charge is 2.48. The van der Waals surface area contributed by atoms with Crippen LogP contribution in [-0.4, -0.2) is 30.5 Å². The van der Waals surface area contributed by atoms with Crippen LogP contribution in [0, 0.1) is 5.82 Å². The first kappa shape index (κ1) is 18.8. The van der Waals surface area contributed by atoms with Gasteiger partial charge in [0.2, 0.25) is 0 Å². The van der Waals surface area contributed by atoms with E-state index >= 15 is 0 Å². The SMILES string of the molecule is COC1(N2OCCC2c2cc(F)cc(C(F)(F)F)c2)C=CC(N)=CC1N. The molecule has 9 heteroatoms. The molecule has 0 saturated carbocycles. The molecule has 1 aromatic carbocycles. The second-order valence-electron chi connectivity index (χ2n) is 6.22. The molecule has 2 aliphatic rings. The number of nitrogens with zero attached hydrogens (tertiary/aromatic N) is 1. The number of hydrogen-bond acceptors (Lipinski definition) is 5. The highest BCUT2D eigenvalue weighted by molar-refractivity contribution is 5.33. The maximum Gasteiger partial charge on any atom is 0.416 e. The molecule has 1 fully saturated rings. The zero-order chi connectivity index (χ0) is 19.1. The van der Waals surface area contributed by atoms with Crippen molar-refractivity contribution in [2.45, 2.75) is 30.4 Å². The van der Waals surface area contributed by atoms with Crippen LogP contribution in [0.5, 0.6) is 0 Å². The van der Waals surface area contributed by atoms with Crippen molar-refractivity contribution < 1.29 is 27.1 Å². The second kappa shape index (κ2) is 6.66. The number of hydrogen-bond donors (Lipinski definition) is 2. The van der Waals surface area contributed by atoms with E-state index in [4.69, 9.17) is 21.0 Å². The average Bonchev–Trinajstić information content (AvgIpc) is 3.04. The largest absolute Gasteiger partial charge is 0.416 e. The van der Waals surface area contributed by atoms with Crippen molar-refractivity contribution in [2.24, 2.45) is 11.5 Å². The van der Waals surface area contributed by atoms with Crippen LogP contribution < -0.4 is 11.5 Å². The van der Waals surface area contributed by atoms with E-state index in [0.29, 0.717) is 18.2 Å². The van der Waals surface area contributed by atoms with Gasteiger partial charge in [-0.05, 0) is 48.4 Å². The van der Waals surface area contributed by atoms with Crippen molar-refractivity contribution in [2.75, 3.05) is 13.7 Å². The maximum absolute atomic E-state index is 13.8. The Morgan fingerprint density at radius 2 is 2.04 bits per heavy atom. The lowest BCUT2D eigenvalue weighted by molar-refractivity contribution is -0.274. The van der Waals surface area contributed by atoms with Crippen LogP contribution >= 0.6 is 0 Å². The maximum atomic E-state index is 13.8. The van der Waals surface area contributed by atoms with Crippen molar-refractivity contribution in [1.82, 2.24) is 5.06 Å². The van der Waals surface area contributed by atoms with Crippen molar-refractivity contribution in [3.8, 4) is 0 Å². The Labute approximate surface area is 147 Å². The number of rotatable bonds is 3. The van der Waals surface area contributed by atoms with E-state index in [9.17, 15) is 17.6 Å². The van der Waals surface area contributed by atoms with Crippen LogP contribution in [0.15, 0.2) is 42.1 Å². The highest BCUT2D eigenvalue weighted by Crippen LogP contribution is 2.42. The summed E-state index contributed by atoms with van der Waals surface area (Å²) in [5, 5.41) is 1.38. The van der Waals surface area contributed by atoms with Gasteiger partial charge < -0.3 is 16.2 Å². The molecule has 0 aromatic heterocycles. The third-order valence-corrected chi connectivity index (χ3v) is 4.57. The van der Waals surface area contributed by atoms with E-state index in [0.717, 1.165) is 12.1 Å². The van der Waals surface area contributed by atoms with Gasteiger partial charge in [-0.25, -0.2) is 4.39 Å². The number of benzene rings is 1. The summed E-state index contributed by atoms with van der Waals surface area (Å²) in [6.07, 6.45) is 0.437. The lowest BCUT2D eigenvalue weighted by atomic mass is 9.93. The molecule has 3 unspecified atom stereocenters. The lowest BCUT2D eigenvalue weighted by Gasteiger charge is -2.44. The molecule has 0 spiro atoms. The fourth-order valence-corrected chi connectivity index (χ4v) is 3.31. The van der Waals surface area contributed by atoms with Crippen molar-refractivity contribution >= 4 is 0 Å². The molecule has 1 heterocycles. The van der Waals surface area contributed by atoms with Gasteiger partial charge >= 0.3 is 6.18 Å². The molecule has 3 atom stereocenters. The summed E-state index contributed by atoms with van der Waals surface area (Å²) >= 11 is 0. The molecule has 1 aliphatic heterocycles. The standard InChI is InChI=1S/C17H19F4N3O2/c1-25-16(4-2-13(22)9-15(16)23)24-14(3-5-26-24)10-6-11(17(19,20)21)8-12(18)7-10/h2,4,6-9,14-15H,3,5,22-23H2,1H3. The second-order valence-corrected chi connectivity index (χ2v) is 6.22. The van der Waals surface area contributed by atoms with Gasteiger partial charge in [-0.2, -0.15) is 13.2 Å². The fourth-order valence-electron chi connectivity index (χ4n) is 3.31. The van der Waals surface area contributed by atoms with Crippen LogP contribution in [0.25, 0.3) is 0 Å². The Hall–Kier alpha value is -1.94. The summed E-state index contributed by atoms with van der Waals surface area (Å²) in [4.78, 5) is 5.63. The topological polar surface area (TPSA) is 73.7 Å². The average molecular weight is 373 g/mol. The van der Waals surface area contributed by atoms with Gasteiger partial charge in [0.25, 0.3) is 0 Å². The van der Waals surface area contributed by atoms with Gasteiger partial charge in [0.05, 0.1) is 24.3 Å². The first-order valence-electron chi connectivity index (χ1n) is 7.94. The zero-order valence-corrected chi connectivity index (χ0v) is 14.0. The smallest absolute Gasteiger partial charge is 0.399 e. The molecule has 0 bridgehead atoms. The quantitative estimate of drug-likeness (QED) is 0.797. The van der Waals surface area contributed by atoms with E-state index in [1.165, 1.54) is 12.2 Å². The number of alkyl halides is 3. The Morgan fingerprint density at radius 3 is 2.65 bits per heavy atom. The van der Waals surface area contributed by atoms with Crippen LogP contribution in [-0.2, 0) is 15.8 Å². The van der Waals surface area contributed by atoms with Gasteiger partial charge in [-0.1, -0.05) is 0 Å². The van der Waals surface area contributed by atoms with E-state index in [-0.39, 0.29) is 12.2 Å². The monoisotopic (exact) mass is 373 g/mol. The number of ether oxygens (including phenoxy) is 1. The zero-order valence-electron chi connectivity index (χ0n) is 14.0. The predicted octanol–water partition coefficient (Wildman–Crippen LogP) is 2.61. The Balaban J connectivity index is 2.01. The molecule has 5 nitrogen and oxygen atoms in total. The summed E-state index contributed by atoms with van der Waals surface area (Å²) < 4.78 is 58.5. The summed E-state index contributed by atoms with van der Waals surface area (Å²) in [7, 11) is 1.41. The molecule has 4 N–H and O–H groups in total. The Morgan fingerprint density at radius 1 is 1.31 bits per heavy atom. The minimum atomic E-state index is -4.65. The molecule has 3 rings (SSSR count). The first-order valence-corrected chi connectivity index (χ1v) is 7.94. The summed E-state index contributed by atoms with van der Waals surface area (Å²) in [5.74, 6) is -0.972. The number of halogens is 4. The summed E-state index contributed by atoms with van der Waals surface area (Å²) in [6.45, 7) is 0.230. The van der Waals surface area contributed by atoms with Gasteiger partial charge in [0.15, 0.2) is 5.72 Å². The minimum Gasteiger partial charge on any atom is -0.399 e. The molecule has 1 aromatic rings. The predicted molar refractivity (Wildman–Crippen MR) is 85.7 cm³/mol. The lowest BCUT2D eigenvalue weighted by Crippen LogP contribution is -2.59. The first-order chi connectivity index (χ1) is 12.2.